The van der Waals surface area contributed by atoms with Gasteiger partial charge in [0.15, 0.2) is 0 Å². The number of hydrogen-bond acceptors (Lipinski definition) is 3. The molecule has 0 saturated carbocycles. The Kier molecular flexibility index (Phi) is 3.57. The predicted molar refractivity (Wildman–Crippen MR) is 54.2 cm³/mol. The van der Waals surface area contributed by atoms with Crippen molar-refractivity contribution in [2.45, 2.75) is 25.7 Å². The van der Waals surface area contributed by atoms with E-state index in [1.807, 2.05) is 0 Å². The minimum atomic E-state index is -2.55. The summed E-state index contributed by atoms with van der Waals surface area (Å²) in [6.07, 6.45) is -1.48. The zero-order valence-corrected chi connectivity index (χ0v) is 9.33. The number of esters is 1. The average molecular weight is 229 g/mol. The van der Waals surface area contributed by atoms with E-state index >= 15 is 0 Å². The van der Waals surface area contributed by atoms with Crippen molar-refractivity contribution in [3.63, 3.8) is 0 Å². The van der Waals surface area contributed by atoms with Gasteiger partial charge in [-0.05, 0) is 26.0 Å². The van der Waals surface area contributed by atoms with Crippen molar-refractivity contribution in [3.8, 4) is 0 Å². The van der Waals surface area contributed by atoms with Crippen molar-refractivity contribution in [1.82, 2.24) is 4.98 Å². The average Bonchev–Trinajstić information content (AvgIpc) is 2.28. The highest BCUT2D eigenvalue weighted by atomic mass is 19.3. The van der Waals surface area contributed by atoms with Crippen LogP contribution in [0.3, 0.4) is 0 Å². The highest BCUT2D eigenvalue weighted by Crippen LogP contribution is 2.25. The maximum Gasteiger partial charge on any atom is 0.317 e. The summed E-state index contributed by atoms with van der Waals surface area (Å²) < 4.78 is 29.2. The minimum absolute atomic E-state index is 0.163. The molecule has 0 atom stereocenters. The number of nitrogens with zero attached hydrogens (tertiary/aromatic N) is 1. The van der Waals surface area contributed by atoms with E-state index in [1.54, 1.807) is 13.8 Å². The topological polar surface area (TPSA) is 39.2 Å². The van der Waals surface area contributed by atoms with E-state index in [0.29, 0.717) is 5.69 Å². The van der Waals surface area contributed by atoms with Gasteiger partial charge in [0, 0.05) is 11.8 Å². The Labute approximate surface area is 92.4 Å². The molecule has 88 valence electrons. The molecule has 0 amide bonds. The molecule has 0 N–H and O–H groups in total. The van der Waals surface area contributed by atoms with Crippen LogP contribution >= 0.6 is 0 Å². The predicted octanol–water partition coefficient (Wildman–Crippen LogP) is 2.47. The molecule has 0 aliphatic carbocycles. The third kappa shape index (κ3) is 2.35. The number of rotatable bonds is 3. The molecule has 0 aromatic carbocycles. The van der Waals surface area contributed by atoms with Crippen LogP contribution in [-0.2, 0) is 14.9 Å². The quantitative estimate of drug-likeness (QED) is 0.747. The number of halogens is 2. The second-order valence-electron chi connectivity index (χ2n) is 3.89. The van der Waals surface area contributed by atoms with Gasteiger partial charge in [0.25, 0.3) is 6.43 Å². The lowest BCUT2D eigenvalue weighted by Gasteiger charge is -2.20. The first-order valence-electron chi connectivity index (χ1n) is 4.72. The summed E-state index contributed by atoms with van der Waals surface area (Å²) in [6.45, 7) is 3.26. The number of pyridine rings is 1. The number of aromatic nitrogens is 1. The Balaban J connectivity index is 3.01. The molecule has 5 heteroatoms. The Hall–Kier alpha value is -1.52. The smallest absolute Gasteiger partial charge is 0.317 e. The summed E-state index contributed by atoms with van der Waals surface area (Å²) in [6, 6.07) is 2.68. The van der Waals surface area contributed by atoms with Crippen molar-refractivity contribution in [1.29, 1.82) is 0 Å². The van der Waals surface area contributed by atoms with Gasteiger partial charge in [0.1, 0.15) is 5.41 Å². The standard InChI is InChI=1S/C11H13F2NO2/c1-11(2,10(15)16-3)8-5-4-7(6-14-8)9(12)13/h4-6,9H,1-3H3. The third-order valence-corrected chi connectivity index (χ3v) is 2.37. The van der Waals surface area contributed by atoms with Gasteiger partial charge in [-0.25, -0.2) is 8.78 Å². The molecular weight excluding hydrogens is 216 g/mol. The van der Waals surface area contributed by atoms with Gasteiger partial charge >= 0.3 is 5.97 Å². The summed E-state index contributed by atoms with van der Waals surface area (Å²) in [5.41, 5.74) is -0.691. The number of methoxy groups -OCH3 is 1. The zero-order chi connectivity index (χ0) is 12.3. The Morgan fingerprint density at radius 1 is 1.44 bits per heavy atom. The van der Waals surface area contributed by atoms with E-state index in [4.69, 9.17) is 0 Å². The summed E-state index contributed by atoms with van der Waals surface area (Å²) >= 11 is 0. The molecule has 0 aliphatic heterocycles. The molecule has 0 radical (unpaired) electrons. The zero-order valence-electron chi connectivity index (χ0n) is 9.33. The fourth-order valence-electron chi connectivity index (χ4n) is 1.26. The summed E-state index contributed by atoms with van der Waals surface area (Å²) in [7, 11) is 1.28. The monoisotopic (exact) mass is 229 g/mol. The Morgan fingerprint density at radius 3 is 2.44 bits per heavy atom. The van der Waals surface area contributed by atoms with Gasteiger partial charge < -0.3 is 4.74 Å². The van der Waals surface area contributed by atoms with Crippen molar-refractivity contribution >= 4 is 5.97 Å². The van der Waals surface area contributed by atoms with Crippen molar-refractivity contribution in [3.05, 3.63) is 29.6 Å². The first-order chi connectivity index (χ1) is 7.39. The Bertz CT molecular complexity index is 374. The molecule has 0 spiro atoms. The second-order valence-corrected chi connectivity index (χ2v) is 3.89. The minimum Gasteiger partial charge on any atom is -0.468 e. The lowest BCUT2D eigenvalue weighted by atomic mass is 9.89. The van der Waals surface area contributed by atoms with Gasteiger partial charge in [-0.15, -0.1) is 0 Å². The van der Waals surface area contributed by atoms with Crippen LogP contribution in [0.2, 0.25) is 0 Å². The summed E-state index contributed by atoms with van der Waals surface area (Å²) in [5.74, 6) is -0.454. The SMILES string of the molecule is COC(=O)C(C)(C)c1ccc(C(F)F)cn1. The van der Waals surface area contributed by atoms with Crippen LogP contribution in [0.25, 0.3) is 0 Å². The first kappa shape index (κ1) is 12.5. The fourth-order valence-corrected chi connectivity index (χ4v) is 1.26. The maximum absolute atomic E-state index is 12.3. The normalized spacial score (nSPS) is 11.6. The third-order valence-electron chi connectivity index (χ3n) is 2.37. The van der Waals surface area contributed by atoms with Crippen LogP contribution in [0, 0.1) is 0 Å². The number of hydrogen-bond donors (Lipinski definition) is 0. The fraction of sp³-hybridized carbons (Fsp3) is 0.455. The number of alkyl halides is 2. The molecule has 16 heavy (non-hydrogen) atoms. The van der Waals surface area contributed by atoms with Crippen LogP contribution in [0.5, 0.6) is 0 Å². The molecule has 0 saturated heterocycles. The van der Waals surface area contributed by atoms with Gasteiger partial charge in [0.2, 0.25) is 0 Å². The molecule has 0 bridgehead atoms. The second kappa shape index (κ2) is 4.55. The molecule has 0 fully saturated rings. The maximum atomic E-state index is 12.3. The summed E-state index contributed by atoms with van der Waals surface area (Å²) in [5, 5.41) is 0. The van der Waals surface area contributed by atoms with Crippen LogP contribution in [-0.4, -0.2) is 18.1 Å². The van der Waals surface area contributed by atoms with Crippen LogP contribution in [0.1, 0.15) is 31.5 Å². The van der Waals surface area contributed by atoms with Crippen LogP contribution < -0.4 is 0 Å². The van der Waals surface area contributed by atoms with E-state index in [2.05, 4.69) is 9.72 Å². The molecular formula is C11H13F2NO2. The number of ether oxygens (including phenoxy) is 1. The molecule has 1 heterocycles. The van der Waals surface area contributed by atoms with E-state index in [-0.39, 0.29) is 5.56 Å². The van der Waals surface area contributed by atoms with Gasteiger partial charge in [-0.1, -0.05) is 0 Å². The van der Waals surface area contributed by atoms with Crippen molar-refractivity contribution in [2.24, 2.45) is 0 Å². The van der Waals surface area contributed by atoms with Crippen LogP contribution in [0.15, 0.2) is 18.3 Å². The van der Waals surface area contributed by atoms with Gasteiger partial charge in [0.05, 0.1) is 12.8 Å². The summed E-state index contributed by atoms with van der Waals surface area (Å²) in [4.78, 5) is 15.3. The Morgan fingerprint density at radius 2 is 2.06 bits per heavy atom. The molecule has 0 unspecified atom stereocenters. The van der Waals surface area contributed by atoms with Gasteiger partial charge in [-0.2, -0.15) is 0 Å². The van der Waals surface area contributed by atoms with E-state index in [9.17, 15) is 13.6 Å². The largest absolute Gasteiger partial charge is 0.468 e. The number of carbonyl (C=O) groups is 1. The molecule has 1 rings (SSSR count). The van der Waals surface area contributed by atoms with E-state index in [0.717, 1.165) is 6.20 Å². The molecule has 3 nitrogen and oxygen atoms in total. The van der Waals surface area contributed by atoms with Crippen molar-refractivity contribution < 1.29 is 18.3 Å². The van der Waals surface area contributed by atoms with Gasteiger partial charge in [-0.3, -0.25) is 9.78 Å². The molecule has 0 aliphatic rings. The number of carbonyl (C=O) groups excluding carboxylic acids is 1. The van der Waals surface area contributed by atoms with E-state index in [1.165, 1.54) is 19.2 Å². The van der Waals surface area contributed by atoms with E-state index < -0.39 is 17.8 Å². The molecule has 1 aromatic rings. The highest BCUT2D eigenvalue weighted by molar-refractivity contribution is 5.81. The highest BCUT2D eigenvalue weighted by Gasteiger charge is 2.32. The lowest BCUT2D eigenvalue weighted by Crippen LogP contribution is -2.31. The van der Waals surface area contributed by atoms with Crippen LogP contribution in [0.4, 0.5) is 8.78 Å². The lowest BCUT2D eigenvalue weighted by molar-refractivity contribution is -0.146. The molecule has 1 aromatic heterocycles. The first-order valence-corrected chi connectivity index (χ1v) is 4.72. The van der Waals surface area contributed by atoms with Crippen molar-refractivity contribution in [2.75, 3.05) is 7.11 Å².